The monoisotopic (exact) mass is 881 g/mol. The number of methoxy groups -OCH3 is 3. The molecule has 65 heavy (non-hydrogen) atoms. The number of imidazole rings is 1. The van der Waals surface area contributed by atoms with Crippen molar-refractivity contribution in [1.29, 1.82) is 0 Å². The summed E-state index contributed by atoms with van der Waals surface area (Å²) in [6.45, 7) is 7.20. The van der Waals surface area contributed by atoms with Crippen LogP contribution in [-0.2, 0) is 36.8 Å². The van der Waals surface area contributed by atoms with Gasteiger partial charge in [0.15, 0.2) is 0 Å². The quantitative estimate of drug-likeness (QED) is 0.119. The number of carbonyl (C=O) groups excluding carboxylic acids is 4. The lowest BCUT2D eigenvalue weighted by molar-refractivity contribution is -0.137. The Morgan fingerprint density at radius 3 is 2.43 bits per heavy atom. The molecular weight excluding hydrogens is 827 g/mol. The van der Waals surface area contributed by atoms with Gasteiger partial charge in [-0.2, -0.15) is 0 Å². The number of aromatic amines is 1. The Hall–Kier alpha value is -6.74. The van der Waals surface area contributed by atoms with Gasteiger partial charge in [0.2, 0.25) is 11.8 Å². The second-order valence-electron chi connectivity index (χ2n) is 17.8. The first-order chi connectivity index (χ1) is 31.5. The number of nitrogens with zero attached hydrogens (tertiary/aromatic N) is 4. The number of fused-ring (bicyclic) bond motifs is 6. The molecule has 5 heterocycles. The fourth-order valence-corrected chi connectivity index (χ4v) is 10.1. The van der Waals surface area contributed by atoms with Crippen LogP contribution in [0.15, 0.2) is 84.0 Å². The van der Waals surface area contributed by atoms with Gasteiger partial charge in [-0.3, -0.25) is 14.6 Å². The molecule has 4 aliphatic heterocycles. The number of hydrogen-bond acceptors (Lipinski definition) is 10. The summed E-state index contributed by atoms with van der Waals surface area (Å²) in [5.41, 5.74) is 8.47. The van der Waals surface area contributed by atoms with Gasteiger partial charge >= 0.3 is 12.2 Å². The summed E-state index contributed by atoms with van der Waals surface area (Å²) in [7, 11) is 4.25. The van der Waals surface area contributed by atoms with Crippen LogP contribution >= 0.6 is 0 Å². The lowest BCUT2D eigenvalue weighted by Gasteiger charge is -2.32. The summed E-state index contributed by atoms with van der Waals surface area (Å²) < 4.78 is 21.8. The molecule has 0 spiro atoms. The average molecular weight is 882 g/mol. The van der Waals surface area contributed by atoms with E-state index in [-0.39, 0.29) is 41.8 Å². The zero-order valence-corrected chi connectivity index (χ0v) is 37.6. The summed E-state index contributed by atoms with van der Waals surface area (Å²) >= 11 is 0. The third kappa shape index (κ3) is 8.29. The largest absolute Gasteiger partial charge is 0.488 e. The fraction of sp³-hybridized carbons (Fsp3) is 0.400. The van der Waals surface area contributed by atoms with Gasteiger partial charge in [0.1, 0.15) is 30.3 Å². The number of amides is 4. The van der Waals surface area contributed by atoms with Crippen LogP contribution in [0.3, 0.4) is 0 Å². The van der Waals surface area contributed by atoms with Gasteiger partial charge in [-0.05, 0) is 95.0 Å². The van der Waals surface area contributed by atoms with E-state index < -0.39 is 24.3 Å². The fourth-order valence-electron chi connectivity index (χ4n) is 10.1. The summed E-state index contributed by atoms with van der Waals surface area (Å²) in [5, 5.41) is 7.62. The Bertz CT molecular complexity index is 2680. The molecule has 338 valence electrons. The maximum Gasteiger partial charge on any atom is 0.407 e. The highest BCUT2D eigenvalue weighted by molar-refractivity contribution is 6.07. The summed E-state index contributed by atoms with van der Waals surface area (Å²) in [6.07, 6.45) is 3.33. The van der Waals surface area contributed by atoms with Gasteiger partial charge in [-0.25, -0.2) is 14.6 Å². The molecule has 4 aromatic carbocycles. The molecule has 2 saturated heterocycles. The summed E-state index contributed by atoms with van der Waals surface area (Å²) in [4.78, 5) is 70.1. The van der Waals surface area contributed by atoms with E-state index in [0.29, 0.717) is 44.0 Å². The molecule has 0 aliphatic carbocycles. The lowest BCUT2D eigenvalue weighted by atomic mass is 9.90. The number of aromatic nitrogens is 2. The minimum absolute atomic E-state index is 0.0203. The SMILES string of the molecule is COC[C@H]1CC(C2=Nc3ccc4cc5c(cc4c3C2)OCc2cc(-c3cnc([C@@H]4CC[C@H](C)N4C(=O)[C@@H](NC(=O)OC)C(C)C)[nH]3)ccc2-5)N(C(=O)[C@H](NC(=O)OC)c2ccccc2)C1. The van der Waals surface area contributed by atoms with Crippen LogP contribution in [-0.4, -0.2) is 102 Å². The second kappa shape index (κ2) is 18.0. The number of aliphatic imine (C=N–C) groups is 1. The molecule has 5 aromatic rings. The Morgan fingerprint density at radius 2 is 1.68 bits per heavy atom. The van der Waals surface area contributed by atoms with E-state index >= 15 is 0 Å². The van der Waals surface area contributed by atoms with E-state index in [2.05, 4.69) is 58.1 Å². The maximum absolute atomic E-state index is 14.4. The number of likely N-dealkylation sites (tertiary alicyclic amines) is 2. The van der Waals surface area contributed by atoms with Gasteiger partial charge in [0.25, 0.3) is 0 Å². The van der Waals surface area contributed by atoms with Crippen LogP contribution < -0.4 is 15.4 Å². The molecule has 1 aromatic heterocycles. The van der Waals surface area contributed by atoms with Crippen molar-refractivity contribution in [2.45, 2.75) is 83.3 Å². The first kappa shape index (κ1) is 43.5. The molecule has 1 unspecified atom stereocenters. The van der Waals surface area contributed by atoms with Gasteiger partial charge in [-0.1, -0.05) is 62.4 Å². The van der Waals surface area contributed by atoms with Crippen LogP contribution in [0, 0.1) is 11.8 Å². The van der Waals surface area contributed by atoms with Crippen LogP contribution in [0.1, 0.15) is 74.6 Å². The highest BCUT2D eigenvalue weighted by Gasteiger charge is 2.43. The number of rotatable bonds is 11. The molecule has 0 bridgehead atoms. The first-order valence-corrected chi connectivity index (χ1v) is 22.3. The van der Waals surface area contributed by atoms with Crippen molar-refractivity contribution in [2.24, 2.45) is 16.8 Å². The van der Waals surface area contributed by atoms with Crippen molar-refractivity contribution in [3.63, 3.8) is 0 Å². The predicted octanol–water partition coefficient (Wildman–Crippen LogP) is 7.81. The Labute approximate surface area is 377 Å². The van der Waals surface area contributed by atoms with Crippen molar-refractivity contribution in [1.82, 2.24) is 30.4 Å². The van der Waals surface area contributed by atoms with Crippen LogP contribution in [0.4, 0.5) is 15.3 Å². The van der Waals surface area contributed by atoms with Crippen LogP contribution in [0.5, 0.6) is 5.75 Å². The number of H-pyrrole nitrogens is 1. The number of benzene rings is 4. The van der Waals surface area contributed by atoms with Gasteiger partial charge < -0.3 is 44.4 Å². The maximum atomic E-state index is 14.4. The molecule has 15 heteroatoms. The number of hydrogen-bond donors (Lipinski definition) is 3. The van der Waals surface area contributed by atoms with Gasteiger partial charge in [0.05, 0.1) is 50.5 Å². The van der Waals surface area contributed by atoms with Crippen molar-refractivity contribution in [3.8, 4) is 28.1 Å². The normalized spacial score (nSPS) is 20.6. The van der Waals surface area contributed by atoms with Crippen molar-refractivity contribution >= 4 is 46.2 Å². The highest BCUT2D eigenvalue weighted by Crippen LogP contribution is 2.45. The molecule has 0 radical (unpaired) electrons. The van der Waals surface area contributed by atoms with E-state index in [4.69, 9.17) is 28.9 Å². The Morgan fingerprint density at radius 1 is 0.892 bits per heavy atom. The molecule has 3 N–H and O–H groups in total. The minimum Gasteiger partial charge on any atom is -0.488 e. The summed E-state index contributed by atoms with van der Waals surface area (Å²) in [6, 6.07) is 21.8. The number of alkyl carbamates (subject to hydrolysis) is 2. The van der Waals surface area contributed by atoms with Crippen molar-refractivity contribution in [3.05, 3.63) is 102 Å². The zero-order chi connectivity index (χ0) is 45.5. The number of ether oxygens (including phenoxy) is 4. The molecule has 4 aliphatic rings. The molecule has 2 fully saturated rings. The topological polar surface area (TPSA) is 177 Å². The highest BCUT2D eigenvalue weighted by atomic mass is 16.5. The van der Waals surface area contributed by atoms with Crippen LogP contribution in [0.2, 0.25) is 0 Å². The third-order valence-corrected chi connectivity index (χ3v) is 13.4. The molecule has 6 atom stereocenters. The van der Waals surface area contributed by atoms with E-state index in [1.807, 2.05) is 67.1 Å². The van der Waals surface area contributed by atoms with E-state index in [0.717, 1.165) is 74.3 Å². The number of carbonyl (C=O) groups is 4. The molecule has 9 rings (SSSR count). The number of nitrogens with one attached hydrogen (secondary N) is 3. The van der Waals surface area contributed by atoms with Crippen LogP contribution in [0.25, 0.3) is 33.2 Å². The van der Waals surface area contributed by atoms with E-state index in [1.165, 1.54) is 14.2 Å². The standard InChI is InChI=1S/C50H55N7O8/c1-27(2)44(54-49(60)63-5)48(59)57-28(3)12-17-41(57)46-51-23-40(53-46)32-13-15-34-33(19-32)26-65-43-22-35-31(20-37(34)43)14-16-38-36(35)21-39(52-38)42-18-29(25-62-4)24-56(42)47(58)45(55-50(61)64-6)30-10-8-7-9-11-30/h7-11,13-16,19-20,22-23,27-29,41-42,44-45H,12,17-18,21,24-26H2,1-6H3,(H,51,53)(H,54,60)(H,55,61)/t28-,29-,41-,42?,44-,45+/m0/s1. The minimum atomic E-state index is -0.928. The molecule has 0 saturated carbocycles. The van der Waals surface area contributed by atoms with Crippen molar-refractivity contribution in [2.75, 3.05) is 34.5 Å². The van der Waals surface area contributed by atoms with E-state index in [9.17, 15) is 19.2 Å². The predicted molar refractivity (Wildman–Crippen MR) is 245 cm³/mol. The van der Waals surface area contributed by atoms with Crippen molar-refractivity contribution < 1.29 is 38.1 Å². The van der Waals surface area contributed by atoms with Gasteiger partial charge in [-0.15, -0.1) is 0 Å². The molecular formula is C50H55N7O8. The third-order valence-electron chi connectivity index (χ3n) is 13.4. The summed E-state index contributed by atoms with van der Waals surface area (Å²) in [5.74, 6) is 1.09. The smallest absolute Gasteiger partial charge is 0.407 e. The average Bonchev–Trinajstić information content (AvgIpc) is 4.15. The molecule has 4 amide bonds. The zero-order valence-electron chi connectivity index (χ0n) is 37.6. The Kier molecular flexibility index (Phi) is 12.1. The van der Waals surface area contributed by atoms with Gasteiger partial charge in [0, 0.05) is 43.3 Å². The second-order valence-corrected chi connectivity index (χ2v) is 17.8. The first-order valence-electron chi connectivity index (χ1n) is 22.3. The van der Waals surface area contributed by atoms with E-state index in [1.54, 1.807) is 7.11 Å². The Balaban J connectivity index is 0.949. The molecule has 15 nitrogen and oxygen atoms in total. The lowest BCUT2D eigenvalue weighted by Crippen LogP contribution is -2.52.